The summed E-state index contributed by atoms with van der Waals surface area (Å²) in [6.07, 6.45) is 0.855. The molecule has 1 aliphatic heterocycles. The third-order valence-corrected chi connectivity index (χ3v) is 4.23. The molecule has 2 aromatic rings. The van der Waals surface area contributed by atoms with Crippen LogP contribution in [0.1, 0.15) is 6.42 Å². The first-order chi connectivity index (χ1) is 9.76. The number of aromatic nitrogens is 4. The molecule has 1 fully saturated rings. The molecular formula is C12H15N5O2S. The lowest BCUT2D eigenvalue weighted by atomic mass is 10.1. The zero-order valence-corrected chi connectivity index (χ0v) is 11.7. The summed E-state index contributed by atoms with van der Waals surface area (Å²) in [5.74, 6) is 0.711. The van der Waals surface area contributed by atoms with E-state index in [1.807, 2.05) is 17.5 Å². The largest absolute Gasteiger partial charge is 0.396 e. The molecule has 2 aromatic heterocycles. The average Bonchev–Trinajstić information content (AvgIpc) is 3.19. The standard InChI is InChI=1S/C12H15N5O2S/c18-8-9-3-4-16(6-9)11(19)7-17-14-12(13-15-17)10-2-1-5-20-10/h1-2,5,9,18H,3-4,6-8H2. The number of aliphatic hydroxyl groups is 1. The molecule has 106 valence electrons. The molecule has 3 heterocycles. The van der Waals surface area contributed by atoms with Gasteiger partial charge in [0.2, 0.25) is 11.7 Å². The predicted octanol–water partition coefficient (Wildman–Crippen LogP) is 0.242. The van der Waals surface area contributed by atoms with E-state index < -0.39 is 0 Å². The summed E-state index contributed by atoms with van der Waals surface area (Å²) in [5.41, 5.74) is 0. The van der Waals surface area contributed by atoms with E-state index in [1.54, 1.807) is 4.90 Å². The molecule has 3 rings (SSSR count). The van der Waals surface area contributed by atoms with Gasteiger partial charge in [-0.15, -0.1) is 21.5 Å². The molecule has 8 heteroatoms. The molecule has 0 aliphatic carbocycles. The number of tetrazole rings is 1. The van der Waals surface area contributed by atoms with Crippen molar-refractivity contribution in [3.8, 4) is 10.7 Å². The zero-order valence-electron chi connectivity index (χ0n) is 10.8. The molecule has 20 heavy (non-hydrogen) atoms. The monoisotopic (exact) mass is 293 g/mol. The van der Waals surface area contributed by atoms with Crippen LogP contribution in [0.2, 0.25) is 0 Å². The Balaban J connectivity index is 1.62. The number of carbonyl (C=O) groups is 1. The summed E-state index contributed by atoms with van der Waals surface area (Å²) in [6, 6.07) is 3.84. The summed E-state index contributed by atoms with van der Waals surface area (Å²) >= 11 is 1.54. The minimum absolute atomic E-state index is 0.0314. The number of rotatable bonds is 4. The number of hydrogen-bond donors (Lipinski definition) is 1. The highest BCUT2D eigenvalue weighted by atomic mass is 32.1. The highest BCUT2D eigenvalue weighted by molar-refractivity contribution is 7.13. The Morgan fingerprint density at radius 1 is 1.55 bits per heavy atom. The maximum Gasteiger partial charge on any atom is 0.246 e. The minimum atomic E-state index is -0.0314. The van der Waals surface area contributed by atoms with Crippen LogP contribution >= 0.6 is 11.3 Å². The van der Waals surface area contributed by atoms with E-state index in [2.05, 4.69) is 15.4 Å². The van der Waals surface area contributed by atoms with Crippen LogP contribution < -0.4 is 0 Å². The topological polar surface area (TPSA) is 84.1 Å². The van der Waals surface area contributed by atoms with E-state index in [4.69, 9.17) is 5.11 Å². The number of likely N-dealkylation sites (tertiary alicyclic amines) is 1. The van der Waals surface area contributed by atoms with Crippen LogP contribution in [0.4, 0.5) is 0 Å². The number of carbonyl (C=O) groups excluding carboxylic acids is 1. The third kappa shape index (κ3) is 2.70. The van der Waals surface area contributed by atoms with Gasteiger partial charge in [0.1, 0.15) is 6.54 Å². The van der Waals surface area contributed by atoms with Crippen LogP contribution in [0.15, 0.2) is 17.5 Å². The van der Waals surface area contributed by atoms with Gasteiger partial charge in [-0.25, -0.2) is 0 Å². The molecule has 0 saturated carbocycles. The Morgan fingerprint density at radius 2 is 2.45 bits per heavy atom. The van der Waals surface area contributed by atoms with Gasteiger partial charge in [-0.2, -0.15) is 4.80 Å². The summed E-state index contributed by atoms with van der Waals surface area (Å²) in [4.78, 5) is 16.1. The SMILES string of the molecule is O=C(Cn1nnc(-c2cccs2)n1)N1CCC(CO)C1. The lowest BCUT2D eigenvalue weighted by Crippen LogP contribution is -2.32. The minimum Gasteiger partial charge on any atom is -0.396 e. The molecule has 1 atom stereocenters. The second-order valence-corrected chi connectivity index (χ2v) is 5.75. The third-order valence-electron chi connectivity index (χ3n) is 3.37. The van der Waals surface area contributed by atoms with Gasteiger partial charge in [-0.1, -0.05) is 6.07 Å². The first-order valence-electron chi connectivity index (χ1n) is 6.46. The van der Waals surface area contributed by atoms with Crippen molar-refractivity contribution in [2.75, 3.05) is 19.7 Å². The molecule has 1 unspecified atom stereocenters. The first-order valence-corrected chi connectivity index (χ1v) is 7.34. The summed E-state index contributed by atoms with van der Waals surface area (Å²) < 4.78 is 0. The summed E-state index contributed by atoms with van der Waals surface area (Å²) in [6.45, 7) is 1.53. The Kier molecular flexibility index (Phi) is 3.75. The van der Waals surface area contributed by atoms with Crippen LogP contribution in [0.3, 0.4) is 0 Å². The fourth-order valence-corrected chi connectivity index (χ4v) is 2.89. The number of hydrogen-bond acceptors (Lipinski definition) is 6. The molecule has 0 radical (unpaired) electrons. The second-order valence-electron chi connectivity index (χ2n) is 4.80. The Labute approximate surface area is 119 Å². The highest BCUT2D eigenvalue weighted by Crippen LogP contribution is 2.19. The van der Waals surface area contributed by atoms with E-state index in [0.717, 1.165) is 11.3 Å². The zero-order chi connectivity index (χ0) is 13.9. The Hall–Kier alpha value is -1.80. The van der Waals surface area contributed by atoms with Crippen molar-refractivity contribution in [1.82, 2.24) is 25.1 Å². The van der Waals surface area contributed by atoms with Crippen molar-refractivity contribution < 1.29 is 9.90 Å². The molecule has 1 saturated heterocycles. The van der Waals surface area contributed by atoms with E-state index in [0.29, 0.717) is 18.9 Å². The fraction of sp³-hybridized carbons (Fsp3) is 0.500. The molecule has 1 N–H and O–H groups in total. The van der Waals surface area contributed by atoms with Crippen molar-refractivity contribution >= 4 is 17.2 Å². The van der Waals surface area contributed by atoms with Gasteiger partial charge in [0, 0.05) is 25.6 Å². The first kappa shape index (κ1) is 13.2. The number of nitrogens with zero attached hydrogens (tertiary/aromatic N) is 5. The van der Waals surface area contributed by atoms with Crippen LogP contribution in [0.5, 0.6) is 0 Å². The number of thiophene rings is 1. The van der Waals surface area contributed by atoms with Gasteiger partial charge in [0.25, 0.3) is 0 Å². The average molecular weight is 293 g/mol. The van der Waals surface area contributed by atoms with Crippen molar-refractivity contribution in [2.45, 2.75) is 13.0 Å². The van der Waals surface area contributed by atoms with Crippen molar-refractivity contribution in [2.24, 2.45) is 5.92 Å². The Bertz CT molecular complexity index is 582. The molecule has 0 aromatic carbocycles. The molecular weight excluding hydrogens is 278 g/mol. The van der Waals surface area contributed by atoms with Crippen molar-refractivity contribution in [3.05, 3.63) is 17.5 Å². The number of amides is 1. The molecule has 1 amide bonds. The lowest BCUT2D eigenvalue weighted by molar-refractivity contribution is -0.131. The van der Waals surface area contributed by atoms with E-state index in [-0.39, 0.29) is 25.0 Å². The van der Waals surface area contributed by atoms with E-state index in [1.165, 1.54) is 16.1 Å². The van der Waals surface area contributed by atoms with Crippen LogP contribution in [-0.4, -0.2) is 55.8 Å². The normalized spacial score (nSPS) is 18.6. The molecule has 0 spiro atoms. The second kappa shape index (κ2) is 5.68. The van der Waals surface area contributed by atoms with Gasteiger partial charge in [-0.3, -0.25) is 4.79 Å². The van der Waals surface area contributed by atoms with E-state index >= 15 is 0 Å². The fourth-order valence-electron chi connectivity index (χ4n) is 2.24. The van der Waals surface area contributed by atoms with Gasteiger partial charge in [0.05, 0.1) is 4.88 Å². The number of aliphatic hydroxyl groups excluding tert-OH is 1. The highest BCUT2D eigenvalue weighted by Gasteiger charge is 2.26. The van der Waals surface area contributed by atoms with Gasteiger partial charge >= 0.3 is 0 Å². The van der Waals surface area contributed by atoms with Crippen molar-refractivity contribution in [3.63, 3.8) is 0 Å². The van der Waals surface area contributed by atoms with Crippen LogP contribution in [0.25, 0.3) is 10.7 Å². The lowest BCUT2D eigenvalue weighted by Gasteiger charge is -2.15. The Morgan fingerprint density at radius 3 is 3.15 bits per heavy atom. The van der Waals surface area contributed by atoms with Gasteiger partial charge < -0.3 is 10.0 Å². The van der Waals surface area contributed by atoms with Gasteiger partial charge in [-0.05, 0) is 23.1 Å². The molecule has 7 nitrogen and oxygen atoms in total. The maximum absolute atomic E-state index is 12.1. The maximum atomic E-state index is 12.1. The molecule has 1 aliphatic rings. The molecule has 0 bridgehead atoms. The summed E-state index contributed by atoms with van der Waals surface area (Å²) in [5, 5.41) is 23.1. The smallest absolute Gasteiger partial charge is 0.246 e. The quantitative estimate of drug-likeness (QED) is 0.873. The van der Waals surface area contributed by atoms with Crippen molar-refractivity contribution in [1.29, 1.82) is 0 Å². The van der Waals surface area contributed by atoms with Gasteiger partial charge in [0.15, 0.2) is 0 Å². The van der Waals surface area contributed by atoms with Crippen LogP contribution in [0, 0.1) is 5.92 Å². The van der Waals surface area contributed by atoms with E-state index in [9.17, 15) is 4.79 Å². The van der Waals surface area contributed by atoms with Crippen LogP contribution in [-0.2, 0) is 11.3 Å². The predicted molar refractivity (Wildman–Crippen MR) is 72.9 cm³/mol. The summed E-state index contributed by atoms with van der Waals surface area (Å²) in [7, 11) is 0.